The Morgan fingerprint density at radius 1 is 0.534 bits per heavy atom. The number of carboxylic acids is 1. The highest BCUT2D eigenvalue weighted by Crippen LogP contribution is 2.15. The summed E-state index contributed by atoms with van der Waals surface area (Å²) in [6, 6.07) is -0.737. The highest BCUT2D eigenvalue weighted by atomic mass is 16.6. The second kappa shape index (κ2) is 40.8. The molecular weight excluding hydrogens is 727 g/mol. The number of unbranched alkanes of at least 4 members (excludes halogenated alkanes) is 17. The first-order chi connectivity index (χ1) is 28.1. The average molecular weight is 814 g/mol. The van der Waals surface area contributed by atoms with Crippen molar-refractivity contribution in [3.05, 3.63) is 60.8 Å². The maximum atomic E-state index is 12.7. The molecule has 8 nitrogen and oxygen atoms in total. The van der Waals surface area contributed by atoms with E-state index < -0.39 is 18.1 Å². The fraction of sp³-hybridized carbons (Fsp3) is 0.740. The van der Waals surface area contributed by atoms with E-state index in [0.29, 0.717) is 12.8 Å². The molecule has 0 aliphatic heterocycles. The lowest BCUT2D eigenvalue weighted by atomic mass is 10.0. The highest BCUT2D eigenvalue weighted by molar-refractivity contribution is 5.70. The van der Waals surface area contributed by atoms with E-state index in [1.807, 2.05) is 0 Å². The third-order valence-corrected chi connectivity index (χ3v) is 10.2. The number of likely N-dealkylation sites (N-methyl/N-ethyl adjacent to an activating group) is 1. The minimum absolute atomic E-state index is 0.0177. The van der Waals surface area contributed by atoms with Gasteiger partial charge in [0.25, 0.3) is 0 Å². The molecule has 58 heavy (non-hydrogen) atoms. The van der Waals surface area contributed by atoms with Crippen LogP contribution in [0.3, 0.4) is 0 Å². The molecule has 334 valence electrons. The number of esters is 2. The molecule has 0 aliphatic carbocycles. The molecule has 0 saturated carbocycles. The van der Waals surface area contributed by atoms with Crippen LogP contribution in [-0.4, -0.2) is 75.5 Å². The highest BCUT2D eigenvalue weighted by Gasteiger charge is 2.25. The van der Waals surface area contributed by atoms with Gasteiger partial charge < -0.3 is 28.6 Å². The molecule has 0 aliphatic rings. The predicted molar refractivity (Wildman–Crippen MR) is 240 cm³/mol. The van der Waals surface area contributed by atoms with Gasteiger partial charge in [-0.15, -0.1) is 0 Å². The number of hydrogen-bond acceptors (Lipinski definition) is 7. The van der Waals surface area contributed by atoms with Gasteiger partial charge >= 0.3 is 11.9 Å². The van der Waals surface area contributed by atoms with Crippen LogP contribution in [0.4, 0.5) is 0 Å². The van der Waals surface area contributed by atoms with Gasteiger partial charge in [0, 0.05) is 19.3 Å². The standard InChI is InChI=1S/C50H87NO7/c1-6-8-10-12-14-16-18-20-22-24-26-28-30-32-34-36-38-40-48(52)57-45-46(44-56-43-42-47(50(54)55)51(3,4)5)58-49(53)41-39-37-35-33-31-29-27-25-23-21-19-17-15-13-11-9-7-2/h9,11,15,17,21,23,27,29,33,35,46-47H,6-8,10,12-14,16,18-20,22,24-26,28,30-32,34,36-45H2,1-5H3/b11-9-,17-15-,23-21-,29-27-,35-33-. The Morgan fingerprint density at radius 2 is 0.966 bits per heavy atom. The van der Waals surface area contributed by atoms with Gasteiger partial charge in [-0.25, -0.2) is 0 Å². The van der Waals surface area contributed by atoms with Gasteiger partial charge in [0.1, 0.15) is 12.6 Å². The van der Waals surface area contributed by atoms with Crippen LogP contribution in [-0.2, 0) is 28.6 Å². The first-order valence-corrected chi connectivity index (χ1v) is 23.3. The topological polar surface area (TPSA) is 102 Å². The van der Waals surface area contributed by atoms with Crippen molar-refractivity contribution in [2.24, 2.45) is 0 Å². The maximum Gasteiger partial charge on any atom is 0.306 e. The van der Waals surface area contributed by atoms with Crippen molar-refractivity contribution >= 4 is 17.9 Å². The third kappa shape index (κ3) is 38.5. The first kappa shape index (κ1) is 55.0. The maximum absolute atomic E-state index is 12.7. The van der Waals surface area contributed by atoms with Crippen LogP contribution >= 0.6 is 0 Å². The fourth-order valence-corrected chi connectivity index (χ4v) is 6.58. The third-order valence-electron chi connectivity index (χ3n) is 10.2. The molecule has 0 aromatic carbocycles. The van der Waals surface area contributed by atoms with Gasteiger partial charge in [0.05, 0.1) is 40.3 Å². The number of rotatable bonds is 41. The minimum Gasteiger partial charge on any atom is -0.544 e. The molecule has 0 aromatic rings. The number of allylic oxidation sites excluding steroid dienone is 10. The molecule has 0 heterocycles. The van der Waals surface area contributed by atoms with Gasteiger partial charge in [0.15, 0.2) is 6.10 Å². The lowest BCUT2D eigenvalue weighted by Crippen LogP contribution is -2.55. The van der Waals surface area contributed by atoms with Crippen molar-refractivity contribution in [1.29, 1.82) is 0 Å². The summed E-state index contributed by atoms with van der Waals surface area (Å²) in [5, 5.41) is 11.6. The molecule has 0 bridgehead atoms. The quantitative estimate of drug-likeness (QED) is 0.0262. The number of carboxylic acid groups (broad SMARTS) is 1. The molecule has 0 radical (unpaired) electrons. The van der Waals surface area contributed by atoms with E-state index in [1.165, 1.54) is 89.9 Å². The number of carbonyl (C=O) groups is 3. The number of ether oxygens (including phenoxy) is 3. The van der Waals surface area contributed by atoms with Crippen LogP contribution in [0, 0.1) is 0 Å². The van der Waals surface area contributed by atoms with Crippen molar-refractivity contribution in [2.45, 2.75) is 199 Å². The van der Waals surface area contributed by atoms with Gasteiger partial charge in [-0.3, -0.25) is 9.59 Å². The molecule has 0 aromatic heterocycles. The van der Waals surface area contributed by atoms with Gasteiger partial charge in [-0.05, 0) is 51.4 Å². The van der Waals surface area contributed by atoms with E-state index in [1.54, 1.807) is 21.1 Å². The van der Waals surface area contributed by atoms with E-state index in [2.05, 4.69) is 74.6 Å². The van der Waals surface area contributed by atoms with Crippen LogP contribution in [0.15, 0.2) is 60.8 Å². The lowest BCUT2D eigenvalue weighted by molar-refractivity contribution is -0.889. The second-order valence-corrected chi connectivity index (χ2v) is 16.6. The Morgan fingerprint density at radius 3 is 1.41 bits per heavy atom. The average Bonchev–Trinajstić information content (AvgIpc) is 3.18. The molecule has 8 heteroatoms. The summed E-state index contributed by atoms with van der Waals surface area (Å²) < 4.78 is 17.1. The van der Waals surface area contributed by atoms with E-state index in [0.717, 1.165) is 57.8 Å². The summed E-state index contributed by atoms with van der Waals surface area (Å²) in [4.78, 5) is 36.9. The number of carbonyl (C=O) groups excluding carboxylic acids is 3. The van der Waals surface area contributed by atoms with Crippen molar-refractivity contribution in [3.8, 4) is 0 Å². The smallest absolute Gasteiger partial charge is 0.306 e. The van der Waals surface area contributed by atoms with Crippen molar-refractivity contribution < 1.29 is 38.2 Å². The van der Waals surface area contributed by atoms with E-state index in [4.69, 9.17) is 14.2 Å². The number of nitrogens with zero attached hydrogens (tertiary/aromatic N) is 1. The van der Waals surface area contributed by atoms with Crippen LogP contribution in [0.2, 0.25) is 0 Å². The normalized spacial score (nSPS) is 13.5. The van der Waals surface area contributed by atoms with Crippen molar-refractivity contribution in [2.75, 3.05) is 41.0 Å². The zero-order valence-electron chi connectivity index (χ0n) is 37.9. The van der Waals surface area contributed by atoms with Crippen molar-refractivity contribution in [1.82, 2.24) is 0 Å². The Balaban J connectivity index is 4.39. The number of aliphatic carboxylic acids is 1. The minimum atomic E-state index is -1.13. The summed E-state index contributed by atoms with van der Waals surface area (Å²) in [5.41, 5.74) is 0. The number of hydrogen-bond donors (Lipinski definition) is 0. The van der Waals surface area contributed by atoms with Gasteiger partial charge in [-0.1, -0.05) is 177 Å². The number of quaternary nitrogens is 1. The Hall–Kier alpha value is -2.97. The van der Waals surface area contributed by atoms with Crippen LogP contribution in [0.1, 0.15) is 187 Å². The van der Waals surface area contributed by atoms with Gasteiger partial charge in [-0.2, -0.15) is 0 Å². The Labute approximate surface area is 356 Å². The zero-order chi connectivity index (χ0) is 42.8. The molecule has 2 unspecified atom stereocenters. The largest absolute Gasteiger partial charge is 0.544 e. The fourth-order valence-electron chi connectivity index (χ4n) is 6.58. The second-order valence-electron chi connectivity index (χ2n) is 16.6. The van der Waals surface area contributed by atoms with E-state index >= 15 is 0 Å². The summed E-state index contributed by atoms with van der Waals surface area (Å²) in [7, 11) is 5.39. The molecule has 0 spiro atoms. The van der Waals surface area contributed by atoms with Crippen LogP contribution in [0.5, 0.6) is 0 Å². The molecule has 0 N–H and O–H groups in total. The van der Waals surface area contributed by atoms with Gasteiger partial charge in [0.2, 0.25) is 0 Å². The summed E-state index contributed by atoms with van der Waals surface area (Å²) in [6.07, 6.45) is 49.7. The molecule has 2 atom stereocenters. The Kier molecular flexibility index (Phi) is 38.7. The van der Waals surface area contributed by atoms with Crippen LogP contribution < -0.4 is 5.11 Å². The van der Waals surface area contributed by atoms with E-state index in [-0.39, 0.29) is 49.1 Å². The molecule has 0 saturated heterocycles. The predicted octanol–water partition coefficient (Wildman–Crippen LogP) is 11.6. The monoisotopic (exact) mass is 814 g/mol. The summed E-state index contributed by atoms with van der Waals surface area (Å²) >= 11 is 0. The SMILES string of the molecule is CC/C=C\C/C=C\C/C=C\C/C=C\C/C=C\CCCC(=O)OC(COCCC(C(=O)[O-])[N+](C)(C)C)COC(=O)CCCCCCCCCCCCCCCCCCC. The summed E-state index contributed by atoms with van der Waals surface area (Å²) in [5.74, 6) is -1.81. The van der Waals surface area contributed by atoms with E-state index in [9.17, 15) is 19.5 Å². The molecule has 0 amide bonds. The molecular formula is C50H87NO7. The molecule has 0 rings (SSSR count). The van der Waals surface area contributed by atoms with Crippen LogP contribution in [0.25, 0.3) is 0 Å². The molecule has 0 fully saturated rings. The first-order valence-electron chi connectivity index (χ1n) is 23.3. The lowest BCUT2D eigenvalue weighted by Gasteiger charge is -2.34. The Bertz CT molecular complexity index is 1130. The van der Waals surface area contributed by atoms with Crippen molar-refractivity contribution in [3.63, 3.8) is 0 Å². The zero-order valence-corrected chi connectivity index (χ0v) is 37.9. The summed E-state index contributed by atoms with van der Waals surface area (Å²) in [6.45, 7) is 4.50.